The number of ether oxygens (including phenoxy) is 1. The monoisotopic (exact) mass is 526 g/mol. The quantitative estimate of drug-likeness (QED) is 0.325. The smallest absolute Gasteiger partial charge is 0.264 e. The molecule has 0 saturated heterocycles. The first-order chi connectivity index (χ1) is 14.7. The van der Waals surface area contributed by atoms with E-state index in [1.165, 1.54) is 0 Å². The predicted octanol–water partition coefficient (Wildman–Crippen LogP) is 3.23. The highest BCUT2D eigenvalue weighted by Gasteiger charge is 2.11. The third kappa shape index (κ3) is 8.91. The number of para-hydroxylation sites is 1. The first kappa shape index (κ1) is 24.6. The molecule has 0 aliphatic carbocycles. The number of carbonyl (C=O) groups is 3. The Balaban J connectivity index is 1.64. The van der Waals surface area contributed by atoms with E-state index < -0.39 is 11.8 Å². The highest BCUT2D eigenvalue weighted by Crippen LogP contribution is 2.22. The minimum atomic E-state index is -0.492. The van der Waals surface area contributed by atoms with E-state index in [9.17, 15) is 14.4 Å². The number of rotatable bonds is 7. The van der Waals surface area contributed by atoms with Crippen LogP contribution in [0.1, 0.15) is 18.4 Å². The van der Waals surface area contributed by atoms with Gasteiger partial charge in [-0.25, -0.2) is 0 Å². The second-order valence-electron chi connectivity index (χ2n) is 6.28. The molecule has 2 rings (SSSR count). The van der Waals surface area contributed by atoms with Gasteiger partial charge in [0.05, 0.1) is 10.7 Å². The Morgan fingerprint density at radius 3 is 2.45 bits per heavy atom. The molecular weight excluding hydrogens is 508 g/mol. The van der Waals surface area contributed by atoms with Crippen molar-refractivity contribution in [1.29, 1.82) is 0 Å². The summed E-state index contributed by atoms with van der Waals surface area (Å²) in [5.41, 5.74) is 6.05. The molecule has 0 fully saturated rings. The molecule has 0 heterocycles. The molecule has 2 aromatic carbocycles. The summed E-state index contributed by atoms with van der Waals surface area (Å²) in [5.74, 6) is -0.763. The largest absolute Gasteiger partial charge is 0.483 e. The van der Waals surface area contributed by atoms with E-state index in [1.54, 1.807) is 36.4 Å². The van der Waals surface area contributed by atoms with Crippen molar-refractivity contribution in [3.8, 4) is 5.75 Å². The first-order valence-corrected chi connectivity index (χ1v) is 10.6. The minimum Gasteiger partial charge on any atom is -0.483 e. The Bertz CT molecular complexity index is 989. The third-order valence-corrected chi connectivity index (χ3v) is 4.82. The van der Waals surface area contributed by atoms with Gasteiger partial charge in [0, 0.05) is 17.3 Å². The fraction of sp³-hybridized carbons (Fsp3) is 0.200. The molecule has 0 saturated carbocycles. The van der Waals surface area contributed by atoms with E-state index in [0.717, 1.165) is 10.0 Å². The normalized spacial score (nSPS) is 10.0. The van der Waals surface area contributed by atoms with Gasteiger partial charge in [0.1, 0.15) is 5.75 Å². The zero-order valence-corrected chi connectivity index (χ0v) is 19.6. The molecule has 0 radical (unpaired) electrons. The first-order valence-electron chi connectivity index (χ1n) is 9.06. The van der Waals surface area contributed by atoms with E-state index in [4.69, 9.17) is 28.6 Å². The number of amides is 3. The van der Waals surface area contributed by atoms with Gasteiger partial charge < -0.3 is 10.1 Å². The van der Waals surface area contributed by atoms with Gasteiger partial charge in [-0.15, -0.1) is 0 Å². The lowest BCUT2D eigenvalue weighted by Gasteiger charge is -2.12. The van der Waals surface area contributed by atoms with Crippen LogP contribution in [0.2, 0.25) is 5.02 Å². The van der Waals surface area contributed by atoms with Gasteiger partial charge in [-0.2, -0.15) is 0 Å². The Labute approximate surface area is 198 Å². The lowest BCUT2D eigenvalue weighted by molar-refractivity contribution is -0.125. The fourth-order valence-electron chi connectivity index (χ4n) is 2.30. The maximum Gasteiger partial charge on any atom is 0.264 e. The van der Waals surface area contributed by atoms with Crippen LogP contribution in [-0.2, 0) is 14.4 Å². The number of nitrogens with one attached hydrogen (secondary N) is 4. The van der Waals surface area contributed by atoms with Gasteiger partial charge in [-0.3, -0.25) is 30.6 Å². The standard InChI is InChI=1S/C20H20BrClN4O4S/c1-12-10-13(21)6-7-16(12)30-11-19(29)24-20(31)26-25-18(28)9-8-17(27)23-15-5-3-2-4-14(15)22/h2-7,10H,8-9,11H2,1H3,(H,23,27)(H,25,28)(H2,24,26,29,31). The molecule has 4 N–H and O–H groups in total. The Kier molecular flexibility index (Phi) is 9.70. The number of benzene rings is 2. The van der Waals surface area contributed by atoms with Gasteiger partial charge in [-0.1, -0.05) is 39.7 Å². The maximum atomic E-state index is 11.9. The summed E-state index contributed by atoms with van der Waals surface area (Å²) < 4.78 is 6.35. The molecule has 0 atom stereocenters. The fourth-order valence-corrected chi connectivity index (χ4v) is 3.13. The number of hydrogen-bond acceptors (Lipinski definition) is 5. The Morgan fingerprint density at radius 2 is 1.74 bits per heavy atom. The summed E-state index contributed by atoms with van der Waals surface area (Å²) in [6, 6.07) is 12.2. The summed E-state index contributed by atoms with van der Waals surface area (Å²) in [5, 5.41) is 5.30. The Hall–Kier alpha value is -2.69. The third-order valence-electron chi connectivity index (χ3n) is 3.79. The van der Waals surface area contributed by atoms with Crippen LogP contribution < -0.4 is 26.2 Å². The molecule has 0 spiro atoms. The average Bonchev–Trinajstić information content (AvgIpc) is 2.72. The van der Waals surface area contributed by atoms with Crippen LogP contribution in [0.3, 0.4) is 0 Å². The number of carbonyl (C=O) groups excluding carboxylic acids is 3. The van der Waals surface area contributed by atoms with Crippen LogP contribution in [0.25, 0.3) is 0 Å². The minimum absolute atomic E-state index is 0.0573. The Morgan fingerprint density at radius 1 is 1.03 bits per heavy atom. The topological polar surface area (TPSA) is 109 Å². The van der Waals surface area contributed by atoms with Crippen molar-refractivity contribution in [2.75, 3.05) is 11.9 Å². The predicted molar refractivity (Wildman–Crippen MR) is 126 cm³/mol. The van der Waals surface area contributed by atoms with E-state index in [2.05, 4.69) is 37.4 Å². The molecule has 164 valence electrons. The van der Waals surface area contributed by atoms with Crippen molar-refractivity contribution in [3.05, 3.63) is 57.5 Å². The van der Waals surface area contributed by atoms with Crippen molar-refractivity contribution < 1.29 is 19.1 Å². The van der Waals surface area contributed by atoms with Crippen molar-refractivity contribution in [3.63, 3.8) is 0 Å². The van der Waals surface area contributed by atoms with E-state index in [-0.39, 0.29) is 30.5 Å². The molecule has 31 heavy (non-hydrogen) atoms. The summed E-state index contributed by atoms with van der Waals surface area (Å²) in [6.45, 7) is 1.61. The second kappa shape index (κ2) is 12.2. The number of halogens is 2. The van der Waals surface area contributed by atoms with Gasteiger partial charge in [0.2, 0.25) is 11.8 Å². The van der Waals surface area contributed by atoms with Crippen molar-refractivity contribution in [2.45, 2.75) is 19.8 Å². The van der Waals surface area contributed by atoms with E-state index >= 15 is 0 Å². The number of anilines is 1. The zero-order chi connectivity index (χ0) is 22.8. The van der Waals surface area contributed by atoms with Gasteiger partial charge >= 0.3 is 0 Å². The summed E-state index contributed by atoms with van der Waals surface area (Å²) in [6.07, 6.45) is -0.149. The van der Waals surface area contributed by atoms with Crippen molar-refractivity contribution in [2.24, 2.45) is 0 Å². The number of thiocarbonyl (C=S) groups is 1. The van der Waals surface area contributed by atoms with Gasteiger partial charge in [-0.05, 0) is 55.0 Å². The van der Waals surface area contributed by atoms with Gasteiger partial charge in [0.25, 0.3) is 5.91 Å². The lowest BCUT2D eigenvalue weighted by atomic mass is 10.2. The van der Waals surface area contributed by atoms with Crippen molar-refractivity contribution in [1.82, 2.24) is 16.2 Å². The second-order valence-corrected chi connectivity index (χ2v) is 8.01. The SMILES string of the molecule is Cc1cc(Br)ccc1OCC(=O)NC(=S)NNC(=O)CCC(=O)Nc1ccccc1Cl. The van der Waals surface area contributed by atoms with Crippen molar-refractivity contribution >= 4 is 68.3 Å². The molecule has 3 amide bonds. The molecule has 2 aromatic rings. The molecule has 11 heteroatoms. The average molecular weight is 528 g/mol. The van der Waals surface area contributed by atoms with Crippen LogP contribution in [0, 0.1) is 6.92 Å². The molecule has 0 aliphatic heterocycles. The summed E-state index contributed by atoms with van der Waals surface area (Å²) in [4.78, 5) is 35.7. The maximum absolute atomic E-state index is 11.9. The number of hydrazine groups is 1. The van der Waals surface area contributed by atoms with Crippen LogP contribution in [-0.4, -0.2) is 29.4 Å². The molecule has 0 aromatic heterocycles. The van der Waals surface area contributed by atoms with Crippen LogP contribution in [0.15, 0.2) is 46.9 Å². The summed E-state index contributed by atoms with van der Waals surface area (Å²) in [7, 11) is 0. The van der Waals surface area contributed by atoms with E-state index in [0.29, 0.717) is 16.5 Å². The molecule has 0 aliphatic rings. The van der Waals surface area contributed by atoms with E-state index in [1.807, 2.05) is 13.0 Å². The molecular formula is C20H20BrClN4O4S. The zero-order valence-electron chi connectivity index (χ0n) is 16.5. The molecule has 8 nitrogen and oxygen atoms in total. The molecule has 0 unspecified atom stereocenters. The summed E-state index contributed by atoms with van der Waals surface area (Å²) >= 11 is 14.3. The number of hydrogen-bond donors (Lipinski definition) is 4. The number of aryl methyl sites for hydroxylation is 1. The highest BCUT2D eigenvalue weighted by molar-refractivity contribution is 9.10. The van der Waals surface area contributed by atoms with Crippen LogP contribution in [0.5, 0.6) is 5.75 Å². The highest BCUT2D eigenvalue weighted by atomic mass is 79.9. The van der Waals surface area contributed by atoms with Crippen LogP contribution in [0.4, 0.5) is 5.69 Å². The molecule has 0 bridgehead atoms. The van der Waals surface area contributed by atoms with Crippen LogP contribution >= 0.6 is 39.7 Å². The lowest BCUT2D eigenvalue weighted by Crippen LogP contribution is -2.49. The van der Waals surface area contributed by atoms with Gasteiger partial charge in [0.15, 0.2) is 11.7 Å².